The lowest BCUT2D eigenvalue weighted by molar-refractivity contribution is 0.415. The van der Waals surface area contributed by atoms with E-state index in [1.807, 2.05) is 36.4 Å². The Morgan fingerprint density at radius 2 is 1.83 bits per heavy atom. The lowest BCUT2D eigenvalue weighted by atomic mass is 10.1. The number of methoxy groups -OCH3 is 1. The van der Waals surface area contributed by atoms with Gasteiger partial charge in [-0.1, -0.05) is 5.92 Å². The van der Waals surface area contributed by atoms with Crippen LogP contribution in [0.25, 0.3) is 11.1 Å². The summed E-state index contributed by atoms with van der Waals surface area (Å²) in [5, 5.41) is 0. The number of hydrogen-bond acceptors (Lipinski definition) is 4. The third kappa shape index (κ3) is 3.14. The molecule has 0 aliphatic carbocycles. The van der Waals surface area contributed by atoms with Crippen molar-refractivity contribution in [3.05, 3.63) is 66.6 Å². The molecule has 1 aromatic carbocycles. The number of hydrogen-bond donors (Lipinski definition) is 0. The first-order valence-electron chi connectivity index (χ1n) is 6.99. The van der Waals surface area contributed by atoms with Crippen molar-refractivity contribution in [1.29, 1.82) is 0 Å². The molecule has 3 rings (SSSR count). The van der Waals surface area contributed by atoms with Crippen molar-refractivity contribution in [3.8, 4) is 40.8 Å². The first-order valence-corrected chi connectivity index (χ1v) is 6.99. The summed E-state index contributed by atoms with van der Waals surface area (Å²) in [5.41, 5.74) is 2.42. The van der Waals surface area contributed by atoms with Crippen LogP contribution in [0.2, 0.25) is 0 Å². The Bertz CT molecular complexity index is 852. The van der Waals surface area contributed by atoms with Gasteiger partial charge < -0.3 is 9.47 Å². The van der Waals surface area contributed by atoms with Crippen molar-refractivity contribution in [2.24, 2.45) is 0 Å². The Hall–Kier alpha value is -3.32. The fourth-order valence-electron chi connectivity index (χ4n) is 2.17. The topological polar surface area (TPSA) is 44.2 Å². The van der Waals surface area contributed by atoms with E-state index >= 15 is 0 Å². The van der Waals surface area contributed by atoms with E-state index in [0.717, 1.165) is 16.7 Å². The van der Waals surface area contributed by atoms with Crippen LogP contribution in [0.1, 0.15) is 5.56 Å². The largest absolute Gasteiger partial charge is 0.496 e. The van der Waals surface area contributed by atoms with Crippen LogP contribution in [0.4, 0.5) is 0 Å². The van der Waals surface area contributed by atoms with Gasteiger partial charge in [0, 0.05) is 35.3 Å². The van der Waals surface area contributed by atoms with Crippen LogP contribution < -0.4 is 9.47 Å². The highest BCUT2D eigenvalue weighted by Gasteiger charge is 2.13. The smallest absolute Gasteiger partial charge is 0.227 e. The lowest BCUT2D eigenvalue weighted by Crippen LogP contribution is -1.94. The van der Waals surface area contributed by atoms with Crippen LogP contribution in [0, 0.1) is 12.3 Å². The number of benzene rings is 1. The molecule has 23 heavy (non-hydrogen) atoms. The van der Waals surface area contributed by atoms with Gasteiger partial charge in [-0.3, -0.25) is 4.98 Å². The number of terminal acetylenes is 1. The molecule has 2 heterocycles. The molecule has 0 atom stereocenters. The second-order valence-corrected chi connectivity index (χ2v) is 4.70. The maximum Gasteiger partial charge on any atom is 0.227 e. The van der Waals surface area contributed by atoms with Gasteiger partial charge in [0.05, 0.1) is 7.11 Å². The molecule has 0 N–H and O–H groups in total. The van der Waals surface area contributed by atoms with Crippen molar-refractivity contribution in [3.63, 3.8) is 0 Å². The van der Waals surface area contributed by atoms with Crippen molar-refractivity contribution in [2.75, 3.05) is 7.11 Å². The summed E-state index contributed by atoms with van der Waals surface area (Å²) in [6, 6.07) is 12.8. The van der Waals surface area contributed by atoms with Crippen LogP contribution in [-0.2, 0) is 0 Å². The van der Waals surface area contributed by atoms with Crippen LogP contribution in [0.15, 0.2) is 61.1 Å². The summed E-state index contributed by atoms with van der Waals surface area (Å²) in [4.78, 5) is 8.48. The van der Waals surface area contributed by atoms with Crippen LogP contribution in [-0.4, -0.2) is 17.1 Å². The van der Waals surface area contributed by atoms with Gasteiger partial charge in [-0.15, -0.1) is 6.42 Å². The molecule has 4 nitrogen and oxygen atoms in total. The summed E-state index contributed by atoms with van der Waals surface area (Å²) >= 11 is 0. The molecule has 2 aromatic heterocycles. The van der Waals surface area contributed by atoms with Gasteiger partial charge >= 0.3 is 0 Å². The maximum atomic E-state index is 5.90. The summed E-state index contributed by atoms with van der Waals surface area (Å²) in [6.07, 6.45) is 10.4. The normalized spacial score (nSPS) is 9.91. The highest BCUT2D eigenvalue weighted by molar-refractivity contribution is 5.73. The van der Waals surface area contributed by atoms with Gasteiger partial charge in [-0.05, 0) is 42.5 Å². The molecule has 0 aliphatic heterocycles. The number of rotatable bonds is 4. The molecule has 0 saturated heterocycles. The Labute approximate surface area is 134 Å². The third-order valence-corrected chi connectivity index (χ3v) is 3.30. The lowest BCUT2D eigenvalue weighted by Gasteiger charge is -2.12. The molecule has 3 aromatic rings. The summed E-state index contributed by atoms with van der Waals surface area (Å²) < 4.78 is 11.3. The predicted molar refractivity (Wildman–Crippen MR) is 88.5 cm³/mol. The molecule has 0 radical (unpaired) electrons. The minimum Gasteiger partial charge on any atom is -0.496 e. The Morgan fingerprint density at radius 3 is 2.57 bits per heavy atom. The molecule has 112 valence electrons. The molecule has 0 fully saturated rings. The van der Waals surface area contributed by atoms with Gasteiger partial charge in [0.2, 0.25) is 5.88 Å². The molecule has 0 spiro atoms. The average molecular weight is 302 g/mol. The minimum absolute atomic E-state index is 0.479. The van der Waals surface area contributed by atoms with Crippen LogP contribution in [0.3, 0.4) is 0 Å². The van der Waals surface area contributed by atoms with E-state index < -0.39 is 0 Å². The van der Waals surface area contributed by atoms with E-state index in [2.05, 4.69) is 15.9 Å². The molecule has 0 unspecified atom stereocenters. The van der Waals surface area contributed by atoms with Gasteiger partial charge in [0.1, 0.15) is 11.5 Å². The minimum atomic E-state index is 0.479. The highest BCUT2D eigenvalue weighted by Crippen LogP contribution is 2.36. The first kappa shape index (κ1) is 14.6. The van der Waals surface area contributed by atoms with Crippen molar-refractivity contribution in [1.82, 2.24) is 9.97 Å². The molecule has 0 aliphatic rings. The fraction of sp³-hybridized carbons (Fsp3) is 0.0526. The van der Waals surface area contributed by atoms with Gasteiger partial charge in [-0.2, -0.15) is 0 Å². The zero-order valence-corrected chi connectivity index (χ0v) is 12.6. The van der Waals surface area contributed by atoms with Gasteiger partial charge in [0.25, 0.3) is 0 Å². The summed E-state index contributed by atoms with van der Waals surface area (Å²) in [6.45, 7) is 0. The SMILES string of the molecule is C#Cc1ccc(Oc2ncccc2-c2cnccc2OC)cc1. The fourth-order valence-corrected chi connectivity index (χ4v) is 2.17. The molecule has 0 saturated carbocycles. The number of aromatic nitrogens is 2. The van der Waals surface area contributed by atoms with Crippen molar-refractivity contribution < 1.29 is 9.47 Å². The third-order valence-electron chi connectivity index (χ3n) is 3.30. The second-order valence-electron chi connectivity index (χ2n) is 4.70. The van der Waals surface area contributed by atoms with Gasteiger partial charge in [0.15, 0.2) is 0 Å². The van der Waals surface area contributed by atoms with E-state index in [1.165, 1.54) is 0 Å². The summed E-state index contributed by atoms with van der Waals surface area (Å²) in [7, 11) is 1.62. The van der Waals surface area contributed by atoms with E-state index in [-0.39, 0.29) is 0 Å². The Morgan fingerprint density at radius 1 is 1.00 bits per heavy atom. The molecular weight excluding hydrogens is 288 g/mol. The van der Waals surface area contributed by atoms with E-state index in [0.29, 0.717) is 17.4 Å². The molecular formula is C19H14N2O2. The number of nitrogens with zero attached hydrogens (tertiary/aromatic N) is 2. The summed E-state index contributed by atoms with van der Waals surface area (Å²) in [5.74, 6) is 4.42. The molecule has 0 amide bonds. The van der Waals surface area contributed by atoms with Crippen LogP contribution >= 0.6 is 0 Å². The first-order chi connectivity index (χ1) is 11.3. The maximum absolute atomic E-state index is 5.90. The number of ether oxygens (including phenoxy) is 2. The number of pyridine rings is 2. The van der Waals surface area contributed by atoms with E-state index in [1.54, 1.807) is 31.8 Å². The molecule has 4 heteroatoms. The van der Waals surface area contributed by atoms with Crippen molar-refractivity contribution in [2.45, 2.75) is 0 Å². The van der Waals surface area contributed by atoms with Crippen LogP contribution in [0.5, 0.6) is 17.4 Å². The Balaban J connectivity index is 1.99. The quantitative estimate of drug-likeness (QED) is 0.685. The zero-order chi connectivity index (χ0) is 16.1. The van der Waals surface area contributed by atoms with Crippen molar-refractivity contribution >= 4 is 0 Å². The van der Waals surface area contributed by atoms with Gasteiger partial charge in [-0.25, -0.2) is 4.98 Å². The zero-order valence-electron chi connectivity index (χ0n) is 12.6. The standard InChI is InChI=1S/C19H14N2O2/c1-3-14-6-8-15(9-7-14)23-19-16(5-4-11-21-19)17-13-20-12-10-18(17)22-2/h1,4-13H,2H3. The second kappa shape index (κ2) is 6.63. The molecule has 0 bridgehead atoms. The van der Waals surface area contributed by atoms with E-state index in [4.69, 9.17) is 15.9 Å². The van der Waals surface area contributed by atoms with E-state index in [9.17, 15) is 0 Å². The Kier molecular flexibility index (Phi) is 4.21. The average Bonchev–Trinajstić information content (AvgIpc) is 2.63. The highest BCUT2D eigenvalue weighted by atomic mass is 16.5. The predicted octanol–water partition coefficient (Wildman–Crippen LogP) is 3.93. The monoisotopic (exact) mass is 302 g/mol.